The Hall–Kier alpha value is -2.10. The largest absolute Gasteiger partial charge is 0.441 e. The van der Waals surface area contributed by atoms with Gasteiger partial charge in [-0.2, -0.15) is 0 Å². The van der Waals surface area contributed by atoms with Crippen molar-refractivity contribution in [1.29, 1.82) is 0 Å². The maximum atomic E-state index is 12.0. The number of oxazole rings is 1. The van der Waals surface area contributed by atoms with Crippen LogP contribution in [0.5, 0.6) is 0 Å². The van der Waals surface area contributed by atoms with Crippen molar-refractivity contribution in [2.75, 3.05) is 0 Å². The lowest BCUT2D eigenvalue weighted by Gasteiger charge is -2.14. The summed E-state index contributed by atoms with van der Waals surface area (Å²) in [6.45, 7) is 6.52. The fourth-order valence-corrected chi connectivity index (χ4v) is 2.63. The average molecular weight is 328 g/mol. The van der Waals surface area contributed by atoms with E-state index in [9.17, 15) is 4.79 Å². The van der Waals surface area contributed by atoms with Crippen LogP contribution in [0, 0.1) is 5.92 Å². The van der Waals surface area contributed by atoms with Gasteiger partial charge >= 0.3 is 0 Å². The fraction of sp³-hybridized carbons (Fsp3) is 0.500. The molecule has 1 atom stereocenters. The third-order valence-electron chi connectivity index (χ3n) is 4.00. The highest BCUT2D eigenvalue weighted by molar-refractivity contribution is 5.76. The number of benzene rings is 1. The van der Waals surface area contributed by atoms with Gasteiger partial charge in [-0.05, 0) is 19.3 Å². The van der Waals surface area contributed by atoms with E-state index in [0.717, 1.165) is 30.1 Å². The van der Waals surface area contributed by atoms with E-state index in [4.69, 9.17) is 4.42 Å². The van der Waals surface area contributed by atoms with E-state index in [1.165, 1.54) is 6.42 Å². The van der Waals surface area contributed by atoms with Crippen LogP contribution in [0.4, 0.5) is 0 Å². The molecule has 0 bridgehead atoms. The van der Waals surface area contributed by atoms with Crippen molar-refractivity contribution in [2.45, 2.75) is 58.9 Å². The number of rotatable bonds is 9. The monoisotopic (exact) mass is 328 g/mol. The molecule has 1 amide bonds. The van der Waals surface area contributed by atoms with Crippen LogP contribution in [-0.2, 0) is 11.2 Å². The normalized spacial score (nSPS) is 12.3. The zero-order chi connectivity index (χ0) is 17.4. The van der Waals surface area contributed by atoms with E-state index < -0.39 is 0 Å². The average Bonchev–Trinajstić information content (AvgIpc) is 3.02. The molecule has 0 aliphatic carbocycles. The van der Waals surface area contributed by atoms with Crippen LogP contribution in [0.1, 0.15) is 52.3 Å². The van der Waals surface area contributed by atoms with Crippen LogP contribution in [0.25, 0.3) is 11.3 Å². The molecule has 1 heterocycles. The molecule has 1 aromatic carbocycles. The number of aromatic nitrogens is 1. The van der Waals surface area contributed by atoms with E-state index in [0.29, 0.717) is 18.7 Å². The molecular formula is C20H28N2O2. The first-order chi connectivity index (χ1) is 11.5. The third-order valence-corrected chi connectivity index (χ3v) is 4.00. The quantitative estimate of drug-likeness (QED) is 0.731. The van der Waals surface area contributed by atoms with E-state index in [1.54, 1.807) is 6.20 Å². The second kappa shape index (κ2) is 9.26. The van der Waals surface area contributed by atoms with E-state index in [1.807, 2.05) is 30.3 Å². The molecule has 0 spiro atoms. The zero-order valence-electron chi connectivity index (χ0n) is 14.9. The molecule has 0 saturated heterocycles. The Morgan fingerprint density at radius 2 is 1.92 bits per heavy atom. The molecule has 1 aromatic heterocycles. The van der Waals surface area contributed by atoms with E-state index >= 15 is 0 Å². The van der Waals surface area contributed by atoms with Crippen molar-refractivity contribution in [1.82, 2.24) is 10.3 Å². The number of nitrogens with zero attached hydrogens (tertiary/aromatic N) is 1. The SMILES string of the molecule is CC(C)CCCC(C)NC(=O)CCc1ncc(-c2ccccc2)o1. The van der Waals surface area contributed by atoms with Gasteiger partial charge in [0.1, 0.15) is 0 Å². The highest BCUT2D eigenvalue weighted by Crippen LogP contribution is 2.20. The first-order valence-electron chi connectivity index (χ1n) is 8.84. The summed E-state index contributed by atoms with van der Waals surface area (Å²) in [6.07, 6.45) is 6.04. The van der Waals surface area contributed by atoms with E-state index in [2.05, 4.69) is 31.1 Å². The lowest BCUT2D eigenvalue weighted by atomic mass is 10.0. The summed E-state index contributed by atoms with van der Waals surface area (Å²) in [5.41, 5.74) is 1.000. The molecule has 0 fully saturated rings. The van der Waals surface area contributed by atoms with Gasteiger partial charge in [-0.25, -0.2) is 4.98 Å². The summed E-state index contributed by atoms with van der Waals surface area (Å²) in [5.74, 6) is 2.13. The molecular weight excluding hydrogens is 300 g/mol. The molecule has 4 nitrogen and oxygen atoms in total. The number of hydrogen-bond donors (Lipinski definition) is 1. The Bertz CT molecular complexity index is 620. The van der Waals surface area contributed by atoms with Crippen LogP contribution in [0.3, 0.4) is 0 Å². The number of carbonyl (C=O) groups is 1. The van der Waals surface area contributed by atoms with Crippen LogP contribution in [0.2, 0.25) is 0 Å². The summed E-state index contributed by atoms with van der Waals surface area (Å²) >= 11 is 0. The standard InChI is InChI=1S/C20H28N2O2/c1-15(2)8-7-9-16(3)22-19(23)12-13-20-21-14-18(24-20)17-10-5-4-6-11-17/h4-6,10-11,14-16H,7-9,12-13H2,1-3H3,(H,22,23). The van der Waals surface area contributed by atoms with Gasteiger partial charge < -0.3 is 9.73 Å². The molecule has 1 N–H and O–H groups in total. The van der Waals surface area contributed by atoms with Crippen LogP contribution in [0.15, 0.2) is 40.9 Å². The minimum absolute atomic E-state index is 0.0616. The lowest BCUT2D eigenvalue weighted by Crippen LogP contribution is -2.32. The predicted octanol–water partition coefficient (Wildman–Crippen LogP) is 4.61. The Labute approximate surface area is 144 Å². The van der Waals surface area contributed by atoms with Gasteiger partial charge in [0, 0.05) is 24.4 Å². The molecule has 0 saturated carbocycles. The Kier molecular flexibility index (Phi) is 7.04. The summed E-state index contributed by atoms with van der Waals surface area (Å²) in [6, 6.07) is 10.1. The Balaban J connectivity index is 1.73. The van der Waals surface area contributed by atoms with Crippen molar-refractivity contribution in [2.24, 2.45) is 5.92 Å². The van der Waals surface area contributed by atoms with Gasteiger partial charge in [-0.1, -0.05) is 57.0 Å². The van der Waals surface area contributed by atoms with Crippen LogP contribution >= 0.6 is 0 Å². The van der Waals surface area contributed by atoms with Crippen molar-refractivity contribution < 1.29 is 9.21 Å². The minimum atomic E-state index is 0.0616. The molecule has 130 valence electrons. The minimum Gasteiger partial charge on any atom is -0.441 e. The number of hydrogen-bond acceptors (Lipinski definition) is 3. The van der Waals surface area contributed by atoms with Crippen molar-refractivity contribution >= 4 is 5.91 Å². The molecule has 2 rings (SSSR count). The van der Waals surface area contributed by atoms with Crippen molar-refractivity contribution in [3.05, 3.63) is 42.4 Å². The number of aryl methyl sites for hydroxylation is 1. The number of nitrogens with one attached hydrogen (secondary N) is 1. The molecule has 2 aromatic rings. The Morgan fingerprint density at radius 1 is 1.17 bits per heavy atom. The summed E-state index contributed by atoms with van der Waals surface area (Å²) < 4.78 is 5.73. The van der Waals surface area contributed by atoms with E-state index in [-0.39, 0.29) is 11.9 Å². The van der Waals surface area contributed by atoms with Crippen LogP contribution in [-0.4, -0.2) is 16.9 Å². The molecule has 0 aliphatic rings. The maximum absolute atomic E-state index is 12.0. The van der Waals surface area contributed by atoms with Gasteiger partial charge in [0.25, 0.3) is 0 Å². The number of carbonyl (C=O) groups excluding carboxylic acids is 1. The lowest BCUT2D eigenvalue weighted by molar-refractivity contribution is -0.121. The zero-order valence-corrected chi connectivity index (χ0v) is 14.9. The topological polar surface area (TPSA) is 55.1 Å². The van der Waals surface area contributed by atoms with Crippen molar-refractivity contribution in [3.8, 4) is 11.3 Å². The molecule has 0 radical (unpaired) electrons. The summed E-state index contributed by atoms with van der Waals surface area (Å²) in [4.78, 5) is 16.3. The first-order valence-corrected chi connectivity index (χ1v) is 8.84. The van der Waals surface area contributed by atoms with Gasteiger partial charge in [0.05, 0.1) is 6.20 Å². The van der Waals surface area contributed by atoms with Gasteiger partial charge in [-0.15, -0.1) is 0 Å². The predicted molar refractivity (Wildman–Crippen MR) is 96.6 cm³/mol. The maximum Gasteiger partial charge on any atom is 0.220 e. The highest BCUT2D eigenvalue weighted by atomic mass is 16.4. The smallest absolute Gasteiger partial charge is 0.220 e. The Morgan fingerprint density at radius 3 is 2.62 bits per heavy atom. The molecule has 24 heavy (non-hydrogen) atoms. The molecule has 0 aliphatic heterocycles. The van der Waals surface area contributed by atoms with Gasteiger partial charge in [-0.3, -0.25) is 4.79 Å². The summed E-state index contributed by atoms with van der Waals surface area (Å²) in [5, 5.41) is 3.05. The summed E-state index contributed by atoms with van der Waals surface area (Å²) in [7, 11) is 0. The third kappa shape index (κ3) is 6.19. The van der Waals surface area contributed by atoms with Crippen molar-refractivity contribution in [3.63, 3.8) is 0 Å². The molecule has 4 heteroatoms. The first kappa shape index (κ1) is 18.2. The number of amides is 1. The second-order valence-corrected chi connectivity index (χ2v) is 6.78. The van der Waals surface area contributed by atoms with Crippen LogP contribution < -0.4 is 5.32 Å². The second-order valence-electron chi connectivity index (χ2n) is 6.78. The highest BCUT2D eigenvalue weighted by Gasteiger charge is 2.11. The molecule has 1 unspecified atom stereocenters. The van der Waals surface area contributed by atoms with Gasteiger partial charge in [0.15, 0.2) is 11.7 Å². The fourth-order valence-electron chi connectivity index (χ4n) is 2.63. The van der Waals surface area contributed by atoms with Gasteiger partial charge in [0.2, 0.25) is 5.91 Å².